The van der Waals surface area contributed by atoms with Crippen LogP contribution in [0.25, 0.3) is 16.6 Å². The number of carbonyl (C=O) groups is 1. The van der Waals surface area contributed by atoms with Crippen LogP contribution >= 0.6 is 15.9 Å². The minimum absolute atomic E-state index is 0.0727. The number of hydrogen-bond donors (Lipinski definition) is 0. The van der Waals surface area contributed by atoms with E-state index in [4.69, 9.17) is 4.98 Å². The lowest BCUT2D eigenvalue weighted by Gasteiger charge is -2.29. The Bertz CT molecular complexity index is 1060. The molecule has 2 aromatic carbocycles. The summed E-state index contributed by atoms with van der Waals surface area (Å²) in [6, 6.07) is 14.6. The number of rotatable bonds is 7. The number of nitrogens with zero attached hydrogens (tertiary/aromatic N) is 3. The fourth-order valence-electron chi connectivity index (χ4n) is 3.52. The van der Waals surface area contributed by atoms with E-state index in [1.54, 1.807) is 22.6 Å². The topological polar surface area (TPSA) is 55.2 Å². The zero-order chi connectivity index (χ0) is 21.0. The molecule has 0 N–H and O–H groups in total. The van der Waals surface area contributed by atoms with Crippen LogP contribution in [0.2, 0.25) is 0 Å². The maximum atomic E-state index is 13.4. The Labute approximate surface area is 179 Å². The molecule has 0 saturated heterocycles. The first kappa shape index (κ1) is 21.2. The molecule has 0 radical (unpaired) electrons. The average Bonchev–Trinajstić information content (AvgIpc) is 2.73. The van der Waals surface area contributed by atoms with Crippen LogP contribution < -0.4 is 5.56 Å². The number of hydrogen-bond acceptors (Lipinski definition) is 3. The van der Waals surface area contributed by atoms with E-state index in [1.165, 1.54) is 0 Å². The molecule has 1 heterocycles. The molecule has 1 unspecified atom stereocenters. The summed E-state index contributed by atoms with van der Waals surface area (Å²) < 4.78 is 2.58. The third-order valence-electron chi connectivity index (χ3n) is 5.18. The first-order valence-electron chi connectivity index (χ1n) is 10.0. The lowest BCUT2D eigenvalue weighted by molar-refractivity contribution is -0.132. The summed E-state index contributed by atoms with van der Waals surface area (Å²) in [5.74, 6) is 0.661. The van der Waals surface area contributed by atoms with Crippen molar-refractivity contribution < 1.29 is 4.79 Å². The van der Waals surface area contributed by atoms with Crippen LogP contribution in [0.15, 0.2) is 57.8 Å². The van der Waals surface area contributed by atoms with Crippen molar-refractivity contribution in [2.45, 2.75) is 45.6 Å². The summed E-state index contributed by atoms with van der Waals surface area (Å²) in [5, 5.41) is 0.564. The van der Waals surface area contributed by atoms with Crippen molar-refractivity contribution in [2.24, 2.45) is 0 Å². The fraction of sp³-hybridized carbons (Fsp3) is 0.348. The molecule has 1 amide bonds. The summed E-state index contributed by atoms with van der Waals surface area (Å²) in [6.45, 7) is 4.09. The van der Waals surface area contributed by atoms with Gasteiger partial charge in [-0.2, -0.15) is 0 Å². The van der Waals surface area contributed by atoms with Gasteiger partial charge in [0, 0.05) is 17.9 Å². The van der Waals surface area contributed by atoms with Crippen molar-refractivity contribution >= 4 is 32.7 Å². The van der Waals surface area contributed by atoms with E-state index in [2.05, 4.69) is 22.9 Å². The SMILES string of the molecule is CCCCC(=O)N(C)C(CC)c1nc2ccccc2c(=O)n1-c1ccc(Br)cc1. The van der Waals surface area contributed by atoms with Crippen molar-refractivity contribution in [3.8, 4) is 5.69 Å². The Morgan fingerprint density at radius 2 is 1.83 bits per heavy atom. The second kappa shape index (κ2) is 9.35. The monoisotopic (exact) mass is 455 g/mol. The molecule has 3 aromatic rings. The van der Waals surface area contributed by atoms with E-state index in [1.807, 2.05) is 49.4 Å². The lowest BCUT2D eigenvalue weighted by atomic mass is 10.1. The van der Waals surface area contributed by atoms with Gasteiger partial charge in [-0.3, -0.25) is 14.2 Å². The van der Waals surface area contributed by atoms with Gasteiger partial charge in [-0.15, -0.1) is 0 Å². The van der Waals surface area contributed by atoms with Crippen LogP contribution in [-0.4, -0.2) is 27.4 Å². The summed E-state index contributed by atoms with van der Waals surface area (Å²) in [4.78, 5) is 32.7. The van der Waals surface area contributed by atoms with Gasteiger partial charge in [0.15, 0.2) is 0 Å². The molecule has 3 rings (SSSR count). The average molecular weight is 456 g/mol. The molecule has 6 heteroatoms. The van der Waals surface area contributed by atoms with Gasteiger partial charge in [0.2, 0.25) is 5.91 Å². The predicted molar refractivity (Wildman–Crippen MR) is 120 cm³/mol. The van der Waals surface area contributed by atoms with E-state index in [0.717, 1.165) is 23.0 Å². The largest absolute Gasteiger partial charge is 0.336 e. The van der Waals surface area contributed by atoms with Gasteiger partial charge >= 0.3 is 0 Å². The van der Waals surface area contributed by atoms with E-state index >= 15 is 0 Å². The number of unbranched alkanes of at least 4 members (excludes halogenated alkanes) is 1. The number of benzene rings is 2. The zero-order valence-electron chi connectivity index (χ0n) is 17.1. The molecule has 5 nitrogen and oxygen atoms in total. The van der Waals surface area contributed by atoms with Crippen LogP contribution in [0.5, 0.6) is 0 Å². The van der Waals surface area contributed by atoms with Crippen molar-refractivity contribution in [2.75, 3.05) is 7.05 Å². The molecule has 0 saturated carbocycles. The number of amides is 1. The standard InChI is InChI=1S/C23H26BrN3O2/c1-4-6-11-21(28)26(3)20(5-2)22-25-19-10-8-7-9-18(19)23(29)27(22)17-14-12-16(24)13-15-17/h7-10,12-15,20H,4-6,11H2,1-3H3. The smallest absolute Gasteiger partial charge is 0.266 e. The molecule has 0 aliphatic carbocycles. The molecule has 0 spiro atoms. The van der Waals surface area contributed by atoms with Crippen LogP contribution in [-0.2, 0) is 4.79 Å². The summed E-state index contributed by atoms with van der Waals surface area (Å²) in [5.41, 5.74) is 1.26. The zero-order valence-corrected chi connectivity index (χ0v) is 18.6. The molecular formula is C23H26BrN3O2. The lowest BCUT2D eigenvalue weighted by Crippen LogP contribution is -2.35. The van der Waals surface area contributed by atoms with Crippen molar-refractivity contribution in [1.29, 1.82) is 0 Å². The summed E-state index contributed by atoms with van der Waals surface area (Å²) in [7, 11) is 1.80. The molecular weight excluding hydrogens is 430 g/mol. The van der Waals surface area contributed by atoms with E-state index < -0.39 is 0 Å². The fourth-order valence-corrected chi connectivity index (χ4v) is 3.79. The minimum atomic E-state index is -0.291. The maximum Gasteiger partial charge on any atom is 0.266 e. The summed E-state index contributed by atoms with van der Waals surface area (Å²) >= 11 is 3.45. The van der Waals surface area contributed by atoms with Crippen molar-refractivity contribution in [1.82, 2.24) is 14.5 Å². The van der Waals surface area contributed by atoms with Gasteiger partial charge in [0.05, 0.1) is 22.6 Å². The molecule has 152 valence electrons. The second-order valence-electron chi connectivity index (χ2n) is 7.14. The molecule has 29 heavy (non-hydrogen) atoms. The van der Waals surface area contributed by atoms with Gasteiger partial charge in [0.25, 0.3) is 5.56 Å². The first-order chi connectivity index (χ1) is 14.0. The Hall–Kier alpha value is -2.47. The Balaban J connectivity index is 2.21. The van der Waals surface area contributed by atoms with Crippen LogP contribution in [0, 0.1) is 0 Å². The predicted octanol–water partition coefficient (Wildman–Crippen LogP) is 5.25. The molecule has 1 atom stereocenters. The van der Waals surface area contributed by atoms with Gasteiger partial charge < -0.3 is 4.90 Å². The summed E-state index contributed by atoms with van der Waals surface area (Å²) in [6.07, 6.45) is 2.98. The number of aromatic nitrogens is 2. The quantitative estimate of drug-likeness (QED) is 0.488. The van der Waals surface area contributed by atoms with Crippen LogP contribution in [0.1, 0.15) is 51.4 Å². The molecule has 0 bridgehead atoms. The Morgan fingerprint density at radius 3 is 2.48 bits per heavy atom. The van der Waals surface area contributed by atoms with Crippen LogP contribution in [0.4, 0.5) is 0 Å². The number of para-hydroxylation sites is 1. The van der Waals surface area contributed by atoms with Crippen molar-refractivity contribution in [3.05, 3.63) is 69.2 Å². The van der Waals surface area contributed by atoms with E-state index in [-0.39, 0.29) is 17.5 Å². The van der Waals surface area contributed by atoms with Gasteiger partial charge in [0.1, 0.15) is 5.82 Å². The molecule has 0 fully saturated rings. The number of halogens is 1. The minimum Gasteiger partial charge on any atom is -0.336 e. The van der Waals surface area contributed by atoms with Gasteiger partial charge in [-0.25, -0.2) is 4.98 Å². The normalized spacial score (nSPS) is 12.1. The van der Waals surface area contributed by atoms with Gasteiger partial charge in [-0.1, -0.05) is 48.3 Å². The van der Waals surface area contributed by atoms with Crippen molar-refractivity contribution in [3.63, 3.8) is 0 Å². The number of fused-ring (bicyclic) bond motifs is 1. The first-order valence-corrected chi connectivity index (χ1v) is 10.8. The highest BCUT2D eigenvalue weighted by Crippen LogP contribution is 2.26. The third kappa shape index (κ3) is 4.42. The third-order valence-corrected chi connectivity index (χ3v) is 5.70. The van der Waals surface area contributed by atoms with E-state index in [9.17, 15) is 9.59 Å². The molecule has 1 aromatic heterocycles. The highest BCUT2D eigenvalue weighted by atomic mass is 79.9. The Kier molecular flexibility index (Phi) is 6.85. The maximum absolute atomic E-state index is 13.4. The second-order valence-corrected chi connectivity index (χ2v) is 8.05. The molecule has 0 aliphatic heterocycles. The number of carbonyl (C=O) groups excluding carboxylic acids is 1. The van der Waals surface area contributed by atoms with Gasteiger partial charge in [-0.05, 0) is 49.2 Å². The highest BCUT2D eigenvalue weighted by molar-refractivity contribution is 9.10. The van der Waals surface area contributed by atoms with Crippen LogP contribution in [0.3, 0.4) is 0 Å². The Morgan fingerprint density at radius 1 is 1.14 bits per heavy atom. The van der Waals surface area contributed by atoms with E-state index in [0.29, 0.717) is 29.6 Å². The highest BCUT2D eigenvalue weighted by Gasteiger charge is 2.26. The molecule has 0 aliphatic rings.